The number of thiazole rings is 1. The van der Waals surface area contributed by atoms with Gasteiger partial charge in [-0.15, -0.1) is 11.3 Å². The first kappa shape index (κ1) is 10.5. The van der Waals surface area contributed by atoms with Gasteiger partial charge in [0.2, 0.25) is 0 Å². The summed E-state index contributed by atoms with van der Waals surface area (Å²) in [6.45, 7) is 1.80. The molecule has 1 heterocycles. The zero-order chi connectivity index (χ0) is 10.1. The van der Waals surface area contributed by atoms with E-state index >= 15 is 0 Å². The average molecular weight is 210 g/mol. The van der Waals surface area contributed by atoms with Crippen LogP contribution in [0.2, 0.25) is 0 Å². The van der Waals surface area contributed by atoms with Gasteiger partial charge >= 0.3 is 6.18 Å². The summed E-state index contributed by atoms with van der Waals surface area (Å²) in [5.74, 6) is 0. The van der Waals surface area contributed by atoms with Crippen molar-refractivity contribution in [2.24, 2.45) is 5.73 Å². The van der Waals surface area contributed by atoms with Gasteiger partial charge in [0.15, 0.2) is 5.69 Å². The molecule has 0 fully saturated rings. The van der Waals surface area contributed by atoms with E-state index in [9.17, 15) is 13.2 Å². The molecular formula is C7H9F3N2S. The largest absolute Gasteiger partial charge is 0.434 e. The van der Waals surface area contributed by atoms with Crippen LogP contribution in [0, 0.1) is 0 Å². The minimum Gasteiger partial charge on any atom is -0.322 e. The van der Waals surface area contributed by atoms with Gasteiger partial charge in [-0.25, -0.2) is 4.98 Å². The maximum atomic E-state index is 12.1. The molecular weight excluding hydrogens is 201 g/mol. The molecule has 1 unspecified atom stereocenters. The summed E-state index contributed by atoms with van der Waals surface area (Å²) < 4.78 is 36.2. The number of nitrogens with two attached hydrogens (primary N) is 1. The van der Waals surface area contributed by atoms with Crippen molar-refractivity contribution in [2.45, 2.75) is 25.6 Å². The lowest BCUT2D eigenvalue weighted by atomic mass is 10.2. The van der Waals surface area contributed by atoms with Crippen molar-refractivity contribution < 1.29 is 13.2 Å². The van der Waals surface area contributed by atoms with Crippen LogP contribution < -0.4 is 5.73 Å². The number of halogens is 3. The van der Waals surface area contributed by atoms with Gasteiger partial charge in [-0.2, -0.15) is 13.2 Å². The zero-order valence-corrected chi connectivity index (χ0v) is 7.75. The van der Waals surface area contributed by atoms with Crippen molar-refractivity contribution in [2.75, 3.05) is 0 Å². The number of nitrogens with zero attached hydrogens (tertiary/aromatic N) is 1. The van der Waals surface area contributed by atoms with E-state index in [2.05, 4.69) is 4.98 Å². The molecule has 0 aliphatic heterocycles. The normalized spacial score (nSPS) is 14.5. The molecule has 0 aromatic carbocycles. The Morgan fingerprint density at radius 1 is 1.62 bits per heavy atom. The second-order valence-corrected chi connectivity index (χ2v) is 3.47. The SMILES string of the molecule is CCC(N)c1nc(C(F)(F)F)cs1. The fourth-order valence-corrected chi connectivity index (χ4v) is 1.67. The summed E-state index contributed by atoms with van der Waals surface area (Å²) in [6.07, 6.45) is -3.77. The van der Waals surface area contributed by atoms with Gasteiger partial charge in [-0.05, 0) is 6.42 Å². The molecule has 2 nitrogen and oxygen atoms in total. The molecule has 2 N–H and O–H groups in total. The van der Waals surface area contributed by atoms with Gasteiger partial charge in [-0.1, -0.05) is 6.92 Å². The zero-order valence-electron chi connectivity index (χ0n) is 6.93. The minimum atomic E-state index is -4.36. The molecule has 0 aliphatic rings. The van der Waals surface area contributed by atoms with Crippen LogP contribution >= 0.6 is 11.3 Å². The summed E-state index contributed by atoms with van der Waals surface area (Å²) in [6, 6.07) is -0.388. The molecule has 0 spiro atoms. The summed E-state index contributed by atoms with van der Waals surface area (Å²) in [5, 5.41) is 1.33. The smallest absolute Gasteiger partial charge is 0.322 e. The Hall–Kier alpha value is -0.620. The highest BCUT2D eigenvalue weighted by molar-refractivity contribution is 7.09. The third kappa shape index (κ3) is 2.41. The average Bonchev–Trinajstić information content (AvgIpc) is 2.50. The first-order chi connectivity index (χ1) is 5.95. The molecule has 6 heteroatoms. The highest BCUT2D eigenvalue weighted by Crippen LogP contribution is 2.31. The van der Waals surface area contributed by atoms with Crippen LogP contribution in [0.1, 0.15) is 30.1 Å². The molecule has 0 saturated heterocycles. The van der Waals surface area contributed by atoms with Crippen LogP contribution in [-0.4, -0.2) is 4.98 Å². The molecule has 1 aromatic heterocycles. The van der Waals surface area contributed by atoms with E-state index in [-0.39, 0.29) is 6.04 Å². The standard InChI is InChI=1S/C7H9F3N2S/c1-2-4(11)6-12-5(3-13-6)7(8,9)10/h3-4H,2,11H2,1H3. The summed E-state index contributed by atoms with van der Waals surface area (Å²) in [4.78, 5) is 3.42. The Morgan fingerprint density at radius 3 is 2.62 bits per heavy atom. The number of aromatic nitrogens is 1. The lowest BCUT2D eigenvalue weighted by Crippen LogP contribution is -2.10. The lowest BCUT2D eigenvalue weighted by molar-refractivity contribution is -0.140. The maximum absolute atomic E-state index is 12.1. The molecule has 1 rings (SSSR count). The monoisotopic (exact) mass is 210 g/mol. The van der Waals surface area contributed by atoms with Crippen molar-refractivity contribution in [1.29, 1.82) is 0 Å². The molecule has 1 atom stereocenters. The number of hydrogen-bond acceptors (Lipinski definition) is 3. The molecule has 0 bridgehead atoms. The summed E-state index contributed by atoms with van der Waals surface area (Å²) in [7, 11) is 0. The van der Waals surface area contributed by atoms with Crippen LogP contribution in [0.5, 0.6) is 0 Å². The highest BCUT2D eigenvalue weighted by atomic mass is 32.1. The highest BCUT2D eigenvalue weighted by Gasteiger charge is 2.34. The van der Waals surface area contributed by atoms with Crippen molar-refractivity contribution in [3.63, 3.8) is 0 Å². The molecule has 13 heavy (non-hydrogen) atoms. The summed E-state index contributed by atoms with van der Waals surface area (Å²) in [5.41, 5.74) is 4.68. The molecule has 0 amide bonds. The minimum absolute atomic E-state index is 0.342. The predicted molar refractivity (Wildman–Crippen MR) is 44.3 cm³/mol. The van der Waals surface area contributed by atoms with Crippen molar-refractivity contribution in [3.8, 4) is 0 Å². The fourth-order valence-electron chi connectivity index (χ4n) is 0.763. The van der Waals surface area contributed by atoms with E-state index < -0.39 is 11.9 Å². The van der Waals surface area contributed by atoms with Gasteiger partial charge in [0, 0.05) is 5.38 Å². The molecule has 0 saturated carbocycles. The number of hydrogen-bond donors (Lipinski definition) is 1. The number of rotatable bonds is 2. The first-order valence-corrected chi connectivity index (χ1v) is 4.61. The summed E-state index contributed by atoms with van der Waals surface area (Å²) >= 11 is 0.953. The van der Waals surface area contributed by atoms with Crippen LogP contribution in [0.4, 0.5) is 13.2 Å². The second-order valence-electron chi connectivity index (χ2n) is 2.58. The van der Waals surface area contributed by atoms with E-state index in [1.807, 2.05) is 0 Å². The Bertz CT molecular complexity index is 282. The quantitative estimate of drug-likeness (QED) is 0.814. The van der Waals surface area contributed by atoms with E-state index in [1.165, 1.54) is 0 Å². The molecule has 1 aromatic rings. The second kappa shape index (κ2) is 3.63. The van der Waals surface area contributed by atoms with Gasteiger partial charge in [0.1, 0.15) is 5.01 Å². The van der Waals surface area contributed by atoms with Gasteiger partial charge in [-0.3, -0.25) is 0 Å². The van der Waals surface area contributed by atoms with E-state index in [4.69, 9.17) is 5.73 Å². The van der Waals surface area contributed by atoms with Crippen LogP contribution in [-0.2, 0) is 6.18 Å². The Balaban J connectivity index is 2.87. The molecule has 0 radical (unpaired) electrons. The van der Waals surface area contributed by atoms with Gasteiger partial charge < -0.3 is 5.73 Å². The maximum Gasteiger partial charge on any atom is 0.434 e. The predicted octanol–water partition coefficient (Wildman–Crippen LogP) is 2.57. The molecule has 74 valence electrons. The van der Waals surface area contributed by atoms with Gasteiger partial charge in [0.25, 0.3) is 0 Å². The Morgan fingerprint density at radius 2 is 2.23 bits per heavy atom. The third-order valence-corrected chi connectivity index (χ3v) is 2.55. The van der Waals surface area contributed by atoms with Crippen LogP contribution in [0.25, 0.3) is 0 Å². The van der Waals surface area contributed by atoms with E-state index in [0.717, 1.165) is 16.7 Å². The van der Waals surface area contributed by atoms with Gasteiger partial charge in [0.05, 0.1) is 6.04 Å². The van der Waals surface area contributed by atoms with E-state index in [0.29, 0.717) is 11.4 Å². The topological polar surface area (TPSA) is 38.9 Å². The van der Waals surface area contributed by atoms with Crippen molar-refractivity contribution in [1.82, 2.24) is 4.98 Å². The first-order valence-electron chi connectivity index (χ1n) is 3.73. The van der Waals surface area contributed by atoms with Crippen LogP contribution in [0.3, 0.4) is 0 Å². The Labute approximate surface area is 77.6 Å². The van der Waals surface area contributed by atoms with E-state index in [1.54, 1.807) is 6.92 Å². The van der Waals surface area contributed by atoms with Crippen molar-refractivity contribution >= 4 is 11.3 Å². The fraction of sp³-hybridized carbons (Fsp3) is 0.571. The van der Waals surface area contributed by atoms with Crippen molar-refractivity contribution in [3.05, 3.63) is 16.1 Å². The lowest BCUT2D eigenvalue weighted by Gasteiger charge is -2.03. The van der Waals surface area contributed by atoms with Crippen LogP contribution in [0.15, 0.2) is 5.38 Å². The number of alkyl halides is 3. The Kier molecular flexibility index (Phi) is 2.92. The molecule has 0 aliphatic carbocycles. The third-order valence-electron chi connectivity index (χ3n) is 1.57.